The highest BCUT2D eigenvalue weighted by molar-refractivity contribution is 6.10. The summed E-state index contributed by atoms with van der Waals surface area (Å²) in [6.07, 6.45) is 5.42. The molecule has 0 aliphatic carbocycles. The van der Waals surface area contributed by atoms with Gasteiger partial charge in [0.25, 0.3) is 6.33 Å². The predicted molar refractivity (Wildman–Crippen MR) is 286 cm³/mol. The molecule has 0 saturated carbocycles. The molecule has 0 bridgehead atoms. The molecule has 13 aromatic rings. The van der Waals surface area contributed by atoms with Gasteiger partial charge in [-0.15, -0.1) is 0 Å². The monoisotopic (exact) mass is 911 g/mol. The van der Waals surface area contributed by atoms with E-state index in [9.17, 15) is 5.48 Å². The summed E-state index contributed by atoms with van der Waals surface area (Å²) in [6.45, 7) is 6.55. The van der Waals surface area contributed by atoms with Crippen LogP contribution in [0.15, 0.2) is 230 Å². The molecule has 0 amide bonds. The van der Waals surface area contributed by atoms with Gasteiger partial charge < -0.3 is 9.30 Å². The Balaban J connectivity index is 1.05. The Hall–Kier alpha value is -9.00. The topological polar surface area (TPSA) is 40.8 Å². The van der Waals surface area contributed by atoms with Gasteiger partial charge in [0.2, 0.25) is 0 Å². The Morgan fingerprint density at radius 1 is 0.500 bits per heavy atom. The number of nitrogens with zero attached hydrogens (tertiary/aromatic N) is 5. The molecule has 4 aromatic heterocycles. The Morgan fingerprint density at radius 3 is 1.73 bits per heavy atom. The standard InChI is InChI=1S/C64H47N5O/c1-64(2,3)45-36-37-65-62(38-45)69-58-31-15-12-26-54(58)55-34-33-49(41-60(55)69)70-48-23-16-22-46(39-48)66-42-67(63-50(43-18-6-4-7-19-43)27-17-28-51(63)44-20-8-5-9-21-44)59-35-32-47(40-61(59)66)68-56-29-13-10-24-52(56)53-25-11-14-30-57(53)68/h4-41H,1-3H3/i4D,5D,6D,7D,8D,9D,18D,19D,20D,21D. The van der Waals surface area contributed by atoms with Gasteiger partial charge in [0.15, 0.2) is 0 Å². The lowest BCUT2D eigenvalue weighted by molar-refractivity contribution is -0.571. The van der Waals surface area contributed by atoms with Crippen LogP contribution in [0.4, 0.5) is 0 Å². The molecule has 0 fully saturated rings. The van der Waals surface area contributed by atoms with Crippen LogP contribution in [-0.4, -0.2) is 18.7 Å². The molecule has 9 aromatic carbocycles. The summed E-state index contributed by atoms with van der Waals surface area (Å²) in [5.74, 6) is 1.86. The van der Waals surface area contributed by atoms with Crippen LogP contribution in [-0.2, 0) is 5.41 Å². The zero-order chi connectivity index (χ0) is 55.6. The van der Waals surface area contributed by atoms with Crippen molar-refractivity contribution in [3.05, 3.63) is 242 Å². The average Bonchev–Trinajstić information content (AvgIpc) is 4.26. The number of imidazole rings is 1. The number of fused-ring (bicyclic) bond motifs is 7. The molecule has 0 spiro atoms. The van der Waals surface area contributed by atoms with Crippen LogP contribution in [0, 0.1) is 6.33 Å². The first kappa shape index (κ1) is 31.9. The van der Waals surface area contributed by atoms with Gasteiger partial charge in [-0.2, -0.15) is 0 Å². The fourth-order valence-electron chi connectivity index (χ4n) is 9.84. The quantitative estimate of drug-likeness (QED) is 0.113. The lowest BCUT2D eigenvalue weighted by Gasteiger charge is -2.20. The summed E-state index contributed by atoms with van der Waals surface area (Å²) in [5.41, 5.74) is 7.61. The smallest absolute Gasteiger partial charge is 0.269 e. The van der Waals surface area contributed by atoms with E-state index in [4.69, 9.17) is 17.9 Å². The maximum Gasteiger partial charge on any atom is 0.269 e. The van der Waals surface area contributed by atoms with Crippen LogP contribution < -0.4 is 9.30 Å². The van der Waals surface area contributed by atoms with E-state index in [1.165, 1.54) is 0 Å². The van der Waals surface area contributed by atoms with Crippen molar-refractivity contribution in [2.75, 3.05) is 0 Å². The Labute approximate surface area is 420 Å². The maximum atomic E-state index is 9.23. The van der Waals surface area contributed by atoms with Crippen molar-refractivity contribution < 1.29 is 23.0 Å². The number of rotatable bonds is 8. The molecule has 0 aliphatic heterocycles. The van der Waals surface area contributed by atoms with Gasteiger partial charge >= 0.3 is 0 Å². The molecule has 0 unspecified atom stereocenters. The van der Waals surface area contributed by atoms with Crippen LogP contribution in [0.25, 0.3) is 99.8 Å². The van der Waals surface area contributed by atoms with Crippen molar-refractivity contribution >= 4 is 54.6 Å². The highest BCUT2D eigenvalue weighted by Crippen LogP contribution is 2.39. The summed E-state index contributed by atoms with van der Waals surface area (Å²) in [6, 6.07) is 47.8. The molecule has 0 saturated heterocycles. The van der Waals surface area contributed by atoms with E-state index in [0.717, 1.165) is 60.7 Å². The minimum absolute atomic E-state index is 0.107. The zero-order valence-corrected chi connectivity index (χ0v) is 38.3. The molecule has 334 valence electrons. The third-order valence-electron chi connectivity index (χ3n) is 13.1. The number of pyridine rings is 1. The third-order valence-corrected chi connectivity index (χ3v) is 13.1. The van der Waals surface area contributed by atoms with E-state index in [1.807, 2.05) is 102 Å². The number of ether oxygens (including phenoxy) is 1. The van der Waals surface area contributed by atoms with Crippen molar-refractivity contribution in [1.29, 1.82) is 0 Å². The molecule has 0 aliphatic rings. The molecule has 70 heavy (non-hydrogen) atoms. The lowest BCUT2D eigenvalue weighted by atomic mass is 9.88. The molecule has 6 nitrogen and oxygen atoms in total. The van der Waals surface area contributed by atoms with Gasteiger partial charge in [-0.1, -0.05) is 166 Å². The van der Waals surface area contributed by atoms with E-state index >= 15 is 0 Å². The lowest BCUT2D eigenvalue weighted by Crippen LogP contribution is -2.31. The normalized spacial score (nSPS) is 13.9. The molecule has 0 radical (unpaired) electrons. The number of hydrogen-bond donors (Lipinski definition) is 0. The molecular formula is C64H47N5O. The number of aromatic nitrogens is 5. The minimum atomic E-state index is -0.576. The number of benzene rings is 9. The van der Waals surface area contributed by atoms with Crippen molar-refractivity contribution in [2.24, 2.45) is 0 Å². The van der Waals surface area contributed by atoms with Crippen molar-refractivity contribution in [3.8, 4) is 56.6 Å². The molecule has 0 atom stereocenters. The first-order valence-corrected chi connectivity index (χ1v) is 23.0. The summed E-state index contributed by atoms with van der Waals surface area (Å²) in [4.78, 5) is 4.87. The van der Waals surface area contributed by atoms with Gasteiger partial charge in [0.05, 0.1) is 58.2 Å². The van der Waals surface area contributed by atoms with Crippen molar-refractivity contribution in [1.82, 2.24) is 18.7 Å². The molecule has 6 heteroatoms. The van der Waals surface area contributed by atoms with Gasteiger partial charge in [0, 0.05) is 39.5 Å². The number of para-hydroxylation sites is 4. The van der Waals surface area contributed by atoms with Gasteiger partial charge in [0.1, 0.15) is 17.3 Å². The zero-order valence-electron chi connectivity index (χ0n) is 48.3. The van der Waals surface area contributed by atoms with E-state index in [2.05, 4.69) is 90.8 Å². The van der Waals surface area contributed by atoms with Crippen molar-refractivity contribution in [3.63, 3.8) is 0 Å². The first-order valence-electron chi connectivity index (χ1n) is 28.0. The average molecular weight is 912 g/mol. The second-order valence-electron chi connectivity index (χ2n) is 18.3. The Kier molecular flexibility index (Phi) is 7.45. The van der Waals surface area contributed by atoms with E-state index < -0.39 is 60.4 Å². The van der Waals surface area contributed by atoms with E-state index in [0.29, 0.717) is 28.2 Å². The fraction of sp³-hybridized carbons (Fsp3) is 0.0625. The SMILES string of the molecule is [2H]c1c([2H])c([2H])c(-c2cccc(-c3c([2H])c([2H])c([2H])c([2H])c3[2H])c2-[n+]2[c-]n(-c3cccc(Oc4ccc5c6ccccc6n(-c6cc(C(C)(C)C)ccn6)c5c4)c3)c3cc(-n4c5ccccc5c5ccccc54)ccc32)c([2H])c1[2H]. The van der Waals surface area contributed by atoms with Gasteiger partial charge in [-0.05, 0) is 106 Å². The van der Waals surface area contributed by atoms with Crippen molar-refractivity contribution in [2.45, 2.75) is 26.2 Å². The highest BCUT2D eigenvalue weighted by Gasteiger charge is 2.23. The predicted octanol–water partition coefficient (Wildman–Crippen LogP) is 15.7. The van der Waals surface area contributed by atoms with Crippen LogP contribution in [0.5, 0.6) is 11.5 Å². The third kappa shape index (κ3) is 6.87. The fourth-order valence-corrected chi connectivity index (χ4v) is 9.84. The summed E-state index contributed by atoms with van der Waals surface area (Å²) < 4.78 is 104. The second-order valence-corrected chi connectivity index (χ2v) is 18.3. The largest absolute Gasteiger partial charge is 0.458 e. The van der Waals surface area contributed by atoms with Crippen LogP contribution in [0.2, 0.25) is 0 Å². The minimum Gasteiger partial charge on any atom is -0.458 e. The summed E-state index contributed by atoms with van der Waals surface area (Å²) >= 11 is 0. The number of hydrogen-bond acceptors (Lipinski definition) is 2. The molecule has 0 N–H and O–H groups in total. The molecule has 13 rings (SSSR count). The van der Waals surface area contributed by atoms with E-state index in [-0.39, 0.29) is 33.4 Å². The van der Waals surface area contributed by atoms with Crippen LogP contribution >= 0.6 is 0 Å². The van der Waals surface area contributed by atoms with Crippen LogP contribution in [0.1, 0.15) is 40.0 Å². The molecule has 4 heterocycles. The highest BCUT2D eigenvalue weighted by atomic mass is 16.5. The van der Waals surface area contributed by atoms with E-state index in [1.54, 1.807) is 22.8 Å². The van der Waals surface area contributed by atoms with Gasteiger partial charge in [-0.3, -0.25) is 13.7 Å². The Morgan fingerprint density at radius 2 is 1.09 bits per heavy atom. The first-order chi connectivity index (χ1) is 38.5. The summed E-state index contributed by atoms with van der Waals surface area (Å²) in [7, 11) is 0. The van der Waals surface area contributed by atoms with Gasteiger partial charge in [-0.25, -0.2) is 4.98 Å². The second kappa shape index (κ2) is 16.4. The molecular weight excluding hydrogens is 855 g/mol. The Bertz CT molecular complexity index is 4570. The maximum absolute atomic E-state index is 9.23. The summed E-state index contributed by atoms with van der Waals surface area (Å²) in [5, 5.41) is 4.24. The van der Waals surface area contributed by atoms with Crippen LogP contribution in [0.3, 0.4) is 0 Å².